The predicted octanol–water partition coefficient (Wildman–Crippen LogP) is 0.214. The first kappa shape index (κ1) is 13.5. The van der Waals surface area contributed by atoms with Crippen LogP contribution in [-0.2, 0) is 0 Å². The van der Waals surface area contributed by atoms with E-state index in [-0.39, 0.29) is 6.04 Å². The molecule has 0 saturated heterocycles. The van der Waals surface area contributed by atoms with Crippen molar-refractivity contribution in [3.05, 3.63) is 29.3 Å². The van der Waals surface area contributed by atoms with Gasteiger partial charge < -0.3 is 21.9 Å². The number of aliphatic hydroxyl groups excluding tert-OH is 1. The molecule has 17 heavy (non-hydrogen) atoms. The van der Waals surface area contributed by atoms with Crippen LogP contribution >= 0.6 is 0 Å². The van der Waals surface area contributed by atoms with E-state index in [1.54, 1.807) is 19.1 Å². The topological polar surface area (TPSA) is 101 Å². The molecular weight excluding hydrogens is 218 g/mol. The third-order valence-electron chi connectivity index (χ3n) is 2.65. The number of aryl methyl sites for hydroxylation is 1. The lowest BCUT2D eigenvalue weighted by Gasteiger charge is -2.16. The van der Waals surface area contributed by atoms with E-state index < -0.39 is 12.0 Å². The minimum Gasteiger partial charge on any atom is -0.392 e. The van der Waals surface area contributed by atoms with Gasteiger partial charge in [0.15, 0.2) is 0 Å². The van der Waals surface area contributed by atoms with Crippen molar-refractivity contribution in [1.29, 1.82) is 0 Å². The number of hydrogen-bond donors (Lipinski definition) is 4. The van der Waals surface area contributed by atoms with Gasteiger partial charge in [0.1, 0.15) is 0 Å². The highest BCUT2D eigenvalue weighted by atomic mass is 16.3. The molecule has 94 valence electrons. The van der Waals surface area contributed by atoms with E-state index in [0.29, 0.717) is 12.1 Å². The van der Waals surface area contributed by atoms with Crippen LogP contribution in [0.2, 0.25) is 0 Å². The number of nitrogens with two attached hydrogens (primary N) is 2. The van der Waals surface area contributed by atoms with Gasteiger partial charge in [-0.3, -0.25) is 4.79 Å². The molecule has 2 atom stereocenters. The third-order valence-corrected chi connectivity index (χ3v) is 2.65. The number of rotatable bonds is 5. The normalized spacial score (nSPS) is 14.1. The molecule has 5 heteroatoms. The molecule has 0 aliphatic carbocycles. The molecule has 0 heterocycles. The minimum absolute atomic E-state index is 0.328. The Bertz CT molecular complexity index is 405. The molecule has 0 saturated carbocycles. The summed E-state index contributed by atoms with van der Waals surface area (Å²) < 4.78 is 0. The Morgan fingerprint density at radius 3 is 2.65 bits per heavy atom. The van der Waals surface area contributed by atoms with Crippen LogP contribution in [0.5, 0.6) is 0 Å². The number of aliphatic hydroxyl groups is 1. The van der Waals surface area contributed by atoms with Gasteiger partial charge in [0.2, 0.25) is 5.91 Å². The van der Waals surface area contributed by atoms with Gasteiger partial charge in [-0.25, -0.2) is 0 Å². The average Bonchev–Trinajstić information content (AvgIpc) is 2.25. The first-order valence-electron chi connectivity index (χ1n) is 5.49. The molecule has 1 rings (SSSR count). The maximum absolute atomic E-state index is 11.0. The summed E-state index contributed by atoms with van der Waals surface area (Å²) in [6, 6.07) is 4.94. The second-order valence-corrected chi connectivity index (χ2v) is 4.18. The molecule has 0 spiro atoms. The number of benzene rings is 1. The zero-order valence-corrected chi connectivity index (χ0v) is 10.1. The fourth-order valence-electron chi connectivity index (χ4n) is 1.46. The van der Waals surface area contributed by atoms with Crippen LogP contribution in [0.15, 0.2) is 18.2 Å². The fraction of sp³-hybridized carbons (Fsp3) is 0.417. The molecule has 6 N–H and O–H groups in total. The summed E-state index contributed by atoms with van der Waals surface area (Å²) in [6.07, 6.45) is -0.562. The number of primary amides is 1. The first-order valence-corrected chi connectivity index (χ1v) is 5.49. The third kappa shape index (κ3) is 3.72. The van der Waals surface area contributed by atoms with Crippen molar-refractivity contribution in [3.63, 3.8) is 0 Å². The second kappa shape index (κ2) is 5.65. The summed E-state index contributed by atoms with van der Waals surface area (Å²) in [6.45, 7) is 3.93. The Morgan fingerprint density at radius 1 is 1.53 bits per heavy atom. The fourth-order valence-corrected chi connectivity index (χ4v) is 1.46. The molecule has 2 unspecified atom stereocenters. The molecule has 1 aromatic rings. The van der Waals surface area contributed by atoms with Gasteiger partial charge in [-0.15, -0.1) is 0 Å². The summed E-state index contributed by atoms with van der Waals surface area (Å²) in [5.41, 5.74) is 13.1. The highest BCUT2D eigenvalue weighted by Crippen LogP contribution is 2.14. The minimum atomic E-state index is -0.562. The molecular formula is C12H19N3O2. The number of amides is 1. The van der Waals surface area contributed by atoms with Gasteiger partial charge in [0.05, 0.1) is 6.10 Å². The molecule has 0 aromatic heterocycles. The Kier molecular flexibility index (Phi) is 4.48. The summed E-state index contributed by atoms with van der Waals surface area (Å²) in [5, 5.41) is 12.3. The largest absolute Gasteiger partial charge is 0.392 e. The van der Waals surface area contributed by atoms with Crippen molar-refractivity contribution < 1.29 is 9.90 Å². The lowest BCUT2D eigenvalue weighted by atomic mass is 10.1. The lowest BCUT2D eigenvalue weighted by Crippen LogP contribution is -2.38. The highest BCUT2D eigenvalue weighted by molar-refractivity contribution is 5.94. The van der Waals surface area contributed by atoms with Crippen LogP contribution in [0, 0.1) is 6.92 Å². The molecule has 0 radical (unpaired) electrons. The molecule has 0 aliphatic rings. The maximum Gasteiger partial charge on any atom is 0.248 e. The molecule has 1 amide bonds. The Hall–Kier alpha value is -1.59. The predicted molar refractivity (Wildman–Crippen MR) is 67.8 cm³/mol. The monoisotopic (exact) mass is 237 g/mol. The van der Waals surface area contributed by atoms with E-state index >= 15 is 0 Å². The number of hydrogen-bond acceptors (Lipinski definition) is 4. The van der Waals surface area contributed by atoms with Crippen LogP contribution < -0.4 is 16.8 Å². The number of carbonyl (C=O) groups excluding carboxylic acids is 1. The first-order chi connectivity index (χ1) is 7.91. The standard InChI is InChI=1S/C12H19N3O2/c1-7-5-9(3-4-10(7)12(14)17)15-6-11(13)8(2)16/h3-5,8,11,15-16H,6,13H2,1-2H3,(H2,14,17). The molecule has 0 fully saturated rings. The average molecular weight is 237 g/mol. The van der Waals surface area contributed by atoms with E-state index in [1.165, 1.54) is 0 Å². The zero-order valence-electron chi connectivity index (χ0n) is 10.1. The van der Waals surface area contributed by atoms with E-state index in [0.717, 1.165) is 11.3 Å². The van der Waals surface area contributed by atoms with Gasteiger partial charge in [0.25, 0.3) is 0 Å². The van der Waals surface area contributed by atoms with Crippen molar-refractivity contribution >= 4 is 11.6 Å². The van der Waals surface area contributed by atoms with Crippen LogP contribution in [0.4, 0.5) is 5.69 Å². The van der Waals surface area contributed by atoms with Crippen LogP contribution in [-0.4, -0.2) is 29.7 Å². The Balaban J connectivity index is 2.68. The van der Waals surface area contributed by atoms with Crippen molar-refractivity contribution in [1.82, 2.24) is 0 Å². The van der Waals surface area contributed by atoms with Crippen molar-refractivity contribution in [2.75, 3.05) is 11.9 Å². The number of anilines is 1. The Labute approximate surface area is 101 Å². The van der Waals surface area contributed by atoms with Crippen molar-refractivity contribution in [2.24, 2.45) is 11.5 Å². The maximum atomic E-state index is 11.0. The lowest BCUT2D eigenvalue weighted by molar-refractivity contribution is 0.0999. The second-order valence-electron chi connectivity index (χ2n) is 4.18. The summed E-state index contributed by atoms with van der Waals surface area (Å²) in [7, 11) is 0. The van der Waals surface area contributed by atoms with Gasteiger partial charge >= 0.3 is 0 Å². The zero-order chi connectivity index (χ0) is 13.0. The Morgan fingerprint density at radius 2 is 2.18 bits per heavy atom. The van der Waals surface area contributed by atoms with Gasteiger partial charge in [-0.05, 0) is 37.6 Å². The van der Waals surface area contributed by atoms with Crippen molar-refractivity contribution in [2.45, 2.75) is 26.0 Å². The summed E-state index contributed by atoms with van der Waals surface area (Å²) in [5.74, 6) is -0.435. The van der Waals surface area contributed by atoms with Crippen LogP contribution in [0.25, 0.3) is 0 Å². The number of nitrogens with one attached hydrogen (secondary N) is 1. The smallest absolute Gasteiger partial charge is 0.248 e. The quantitative estimate of drug-likeness (QED) is 0.588. The summed E-state index contributed by atoms with van der Waals surface area (Å²) >= 11 is 0. The van der Waals surface area contributed by atoms with Crippen molar-refractivity contribution in [3.8, 4) is 0 Å². The van der Waals surface area contributed by atoms with E-state index in [1.807, 2.05) is 13.0 Å². The molecule has 1 aromatic carbocycles. The molecule has 5 nitrogen and oxygen atoms in total. The highest BCUT2D eigenvalue weighted by Gasteiger charge is 2.09. The number of carbonyl (C=O) groups is 1. The van der Waals surface area contributed by atoms with Crippen LogP contribution in [0.3, 0.4) is 0 Å². The molecule has 0 bridgehead atoms. The van der Waals surface area contributed by atoms with Gasteiger partial charge in [-0.1, -0.05) is 0 Å². The van der Waals surface area contributed by atoms with Crippen LogP contribution in [0.1, 0.15) is 22.8 Å². The van der Waals surface area contributed by atoms with E-state index in [2.05, 4.69) is 5.32 Å². The van der Waals surface area contributed by atoms with Gasteiger partial charge in [0, 0.05) is 23.8 Å². The van der Waals surface area contributed by atoms with E-state index in [4.69, 9.17) is 11.5 Å². The SMILES string of the molecule is Cc1cc(NCC(N)C(C)O)ccc1C(N)=O. The molecule has 0 aliphatic heterocycles. The van der Waals surface area contributed by atoms with E-state index in [9.17, 15) is 9.90 Å². The summed E-state index contributed by atoms with van der Waals surface area (Å²) in [4.78, 5) is 11.0. The van der Waals surface area contributed by atoms with Gasteiger partial charge in [-0.2, -0.15) is 0 Å².